The van der Waals surface area contributed by atoms with Crippen LogP contribution < -0.4 is 0 Å². The van der Waals surface area contributed by atoms with Gasteiger partial charge in [0.05, 0.1) is 26.4 Å². The van der Waals surface area contributed by atoms with Crippen LogP contribution in [0, 0.1) is 5.92 Å². The molecule has 0 rings (SSSR count). The van der Waals surface area contributed by atoms with Crippen LogP contribution >= 0.6 is 15.6 Å². The van der Waals surface area contributed by atoms with Gasteiger partial charge >= 0.3 is 39.5 Å². The van der Waals surface area contributed by atoms with Crippen molar-refractivity contribution in [3.8, 4) is 0 Å². The monoisotopic (exact) mass is 1540 g/mol. The summed E-state index contributed by atoms with van der Waals surface area (Å²) in [5.74, 6) is -1.36. The number of ether oxygens (including phenoxy) is 4. The maximum absolute atomic E-state index is 13.1. The number of carbonyl (C=O) groups is 4. The van der Waals surface area contributed by atoms with Crippen LogP contribution in [0.15, 0.2) is 0 Å². The molecule has 105 heavy (non-hydrogen) atoms. The summed E-state index contributed by atoms with van der Waals surface area (Å²) in [4.78, 5) is 73.2. The Morgan fingerprint density at radius 1 is 0.257 bits per heavy atom. The van der Waals surface area contributed by atoms with Crippen molar-refractivity contribution in [2.75, 3.05) is 39.6 Å². The summed E-state index contributed by atoms with van der Waals surface area (Å²) in [6.07, 6.45) is 72.3. The van der Waals surface area contributed by atoms with Gasteiger partial charge in [-0.05, 0) is 31.6 Å². The van der Waals surface area contributed by atoms with Gasteiger partial charge in [-0.15, -0.1) is 0 Å². The molecule has 0 aliphatic rings. The molecule has 0 saturated carbocycles. The Morgan fingerprint density at radius 2 is 0.438 bits per heavy atom. The average molecular weight is 1540 g/mol. The first kappa shape index (κ1) is 103. The molecule has 0 heterocycles. The van der Waals surface area contributed by atoms with Crippen LogP contribution in [0.1, 0.15) is 465 Å². The minimum atomic E-state index is -4.97. The zero-order chi connectivity index (χ0) is 76.9. The van der Waals surface area contributed by atoms with Gasteiger partial charge in [-0.3, -0.25) is 37.3 Å². The average Bonchev–Trinajstić information content (AvgIpc) is 0.918. The van der Waals surface area contributed by atoms with Crippen molar-refractivity contribution in [1.29, 1.82) is 0 Å². The molecule has 0 bridgehead atoms. The maximum Gasteiger partial charge on any atom is 0.472 e. The number of rotatable bonds is 86. The molecule has 0 saturated heterocycles. The number of phosphoric acid groups is 2. The van der Waals surface area contributed by atoms with E-state index in [1.54, 1.807) is 0 Å². The molecule has 0 amide bonds. The molecule has 624 valence electrons. The number of phosphoric ester groups is 2. The van der Waals surface area contributed by atoms with Crippen LogP contribution in [0.25, 0.3) is 0 Å². The van der Waals surface area contributed by atoms with Gasteiger partial charge < -0.3 is 33.8 Å². The molecular weight excluding hydrogens is 1370 g/mol. The van der Waals surface area contributed by atoms with Crippen molar-refractivity contribution >= 4 is 39.5 Å². The predicted octanol–water partition coefficient (Wildman–Crippen LogP) is 26.4. The second-order valence-corrected chi connectivity index (χ2v) is 34.3. The third-order valence-electron chi connectivity index (χ3n) is 20.3. The number of hydrogen-bond donors (Lipinski definition) is 3. The van der Waals surface area contributed by atoms with E-state index in [-0.39, 0.29) is 25.7 Å². The van der Waals surface area contributed by atoms with E-state index in [9.17, 15) is 43.2 Å². The lowest BCUT2D eigenvalue weighted by molar-refractivity contribution is -0.161. The number of unbranched alkanes of at least 4 members (excludes halogenated alkanes) is 58. The molecule has 0 fully saturated rings. The molecule has 0 spiro atoms. The third-order valence-corrected chi connectivity index (χ3v) is 22.2. The standard InChI is InChI=1S/C86H168O17P2/c1-6-9-12-15-18-21-24-27-29-31-33-35-37-39-42-44-49-54-59-64-69-83(88)96-75-81(102-86(91)72-67-62-57-51-46-43-40-38-36-34-32-30-28-25-22-19-16-13-10-7-2)77-100-104(92,93)98-73-80(87)74-99-105(94,95)101-78-82(76-97-84(89)70-65-60-55-52-47-48-53-58-63-68-79(4)5)103-85(90)71-66-61-56-50-45-41-26-23-20-17-14-11-8-3/h79-82,87H,6-78H2,1-5H3,(H,92,93)(H,94,95)/t80-,81-,82-/m1/s1. The van der Waals surface area contributed by atoms with Crippen LogP contribution in [0.4, 0.5) is 0 Å². The fourth-order valence-electron chi connectivity index (χ4n) is 13.5. The van der Waals surface area contributed by atoms with Gasteiger partial charge in [-0.1, -0.05) is 413 Å². The first-order valence-corrected chi connectivity index (χ1v) is 47.6. The molecule has 3 N–H and O–H groups in total. The Labute approximate surface area is 645 Å². The van der Waals surface area contributed by atoms with E-state index in [0.29, 0.717) is 25.7 Å². The molecule has 17 nitrogen and oxygen atoms in total. The highest BCUT2D eigenvalue weighted by atomic mass is 31.2. The lowest BCUT2D eigenvalue weighted by Crippen LogP contribution is -2.30. The SMILES string of the molecule is CCCCCCCCCCCCCCCCCCCCCCC(=O)OC[C@H](COP(=O)(O)OC[C@@H](O)COP(=O)(O)OC[C@@H](COC(=O)CCCCCCCCCCCC(C)C)OC(=O)CCCCCCCCCCCCCCC)OC(=O)CCCCCCCCCCCCCCCCCCCCCC. The first-order chi connectivity index (χ1) is 51.0. The van der Waals surface area contributed by atoms with Crippen LogP contribution in [0.2, 0.25) is 0 Å². The molecule has 0 aromatic heterocycles. The highest BCUT2D eigenvalue weighted by Gasteiger charge is 2.30. The second kappa shape index (κ2) is 78.7. The predicted molar refractivity (Wildman–Crippen MR) is 432 cm³/mol. The van der Waals surface area contributed by atoms with E-state index in [4.69, 9.17) is 37.0 Å². The number of carbonyl (C=O) groups excluding carboxylic acids is 4. The summed E-state index contributed by atoms with van der Waals surface area (Å²) in [7, 11) is -9.93. The highest BCUT2D eigenvalue weighted by Crippen LogP contribution is 2.45. The normalized spacial score (nSPS) is 13.8. The molecule has 0 aromatic rings. The van der Waals surface area contributed by atoms with E-state index in [1.807, 2.05) is 0 Å². The summed E-state index contributed by atoms with van der Waals surface area (Å²) in [6.45, 7) is 7.34. The van der Waals surface area contributed by atoms with Crippen LogP contribution in [0.5, 0.6) is 0 Å². The largest absolute Gasteiger partial charge is 0.472 e. The number of hydrogen-bond acceptors (Lipinski definition) is 15. The Morgan fingerprint density at radius 3 is 0.648 bits per heavy atom. The summed E-state index contributed by atoms with van der Waals surface area (Å²) in [6, 6.07) is 0. The molecule has 5 atom stereocenters. The number of aliphatic hydroxyl groups is 1. The van der Waals surface area contributed by atoms with Gasteiger partial charge in [0.15, 0.2) is 12.2 Å². The van der Waals surface area contributed by atoms with Gasteiger partial charge in [0.1, 0.15) is 19.3 Å². The van der Waals surface area contributed by atoms with Crippen molar-refractivity contribution in [2.24, 2.45) is 5.92 Å². The van der Waals surface area contributed by atoms with Crippen molar-refractivity contribution in [1.82, 2.24) is 0 Å². The van der Waals surface area contributed by atoms with Crippen LogP contribution in [-0.4, -0.2) is 96.7 Å². The second-order valence-electron chi connectivity index (χ2n) is 31.4. The molecule has 2 unspecified atom stereocenters. The Hall–Kier alpha value is -1.94. The van der Waals surface area contributed by atoms with Crippen LogP contribution in [-0.2, 0) is 65.4 Å². The highest BCUT2D eigenvalue weighted by molar-refractivity contribution is 7.47. The van der Waals surface area contributed by atoms with E-state index in [1.165, 1.54) is 289 Å². The maximum atomic E-state index is 13.1. The minimum absolute atomic E-state index is 0.108. The summed E-state index contributed by atoms with van der Waals surface area (Å²) in [5, 5.41) is 10.7. The van der Waals surface area contributed by atoms with Crippen molar-refractivity contribution < 1.29 is 80.2 Å². The van der Waals surface area contributed by atoms with Gasteiger partial charge in [0, 0.05) is 25.7 Å². The van der Waals surface area contributed by atoms with Gasteiger partial charge in [-0.25, -0.2) is 9.13 Å². The van der Waals surface area contributed by atoms with Gasteiger partial charge in [-0.2, -0.15) is 0 Å². The summed E-state index contributed by atoms with van der Waals surface area (Å²) in [5.41, 5.74) is 0. The van der Waals surface area contributed by atoms with Gasteiger partial charge in [0.2, 0.25) is 0 Å². The van der Waals surface area contributed by atoms with Gasteiger partial charge in [0.25, 0.3) is 0 Å². The molecular formula is C86H168O17P2. The number of esters is 4. The lowest BCUT2D eigenvalue weighted by atomic mass is 10.0. The Balaban J connectivity index is 5.23. The topological polar surface area (TPSA) is 237 Å². The quantitative estimate of drug-likeness (QED) is 0.0222. The lowest BCUT2D eigenvalue weighted by Gasteiger charge is -2.21. The molecule has 0 aliphatic carbocycles. The fourth-order valence-corrected chi connectivity index (χ4v) is 15.1. The molecule has 19 heteroatoms. The van der Waals surface area contributed by atoms with Crippen molar-refractivity contribution in [3.63, 3.8) is 0 Å². The van der Waals surface area contributed by atoms with E-state index in [2.05, 4.69) is 34.6 Å². The smallest absolute Gasteiger partial charge is 0.462 e. The molecule has 0 aromatic carbocycles. The third kappa shape index (κ3) is 79.9. The van der Waals surface area contributed by atoms with Crippen LogP contribution in [0.3, 0.4) is 0 Å². The minimum Gasteiger partial charge on any atom is -0.462 e. The molecule has 0 radical (unpaired) electrons. The Bertz CT molecular complexity index is 2000. The summed E-state index contributed by atoms with van der Waals surface area (Å²) >= 11 is 0. The fraction of sp³-hybridized carbons (Fsp3) is 0.953. The van der Waals surface area contributed by atoms with E-state index in [0.717, 1.165) is 95.8 Å². The molecule has 0 aliphatic heterocycles. The van der Waals surface area contributed by atoms with Crippen molar-refractivity contribution in [3.05, 3.63) is 0 Å². The van der Waals surface area contributed by atoms with Crippen molar-refractivity contribution in [2.45, 2.75) is 483 Å². The summed E-state index contributed by atoms with van der Waals surface area (Å²) < 4.78 is 68.9. The van der Waals surface area contributed by atoms with E-state index >= 15 is 0 Å². The first-order valence-electron chi connectivity index (χ1n) is 44.6. The Kier molecular flexibility index (Phi) is 77.3. The van der Waals surface area contributed by atoms with E-state index < -0.39 is 97.5 Å². The zero-order valence-electron chi connectivity index (χ0n) is 68.9. The zero-order valence-corrected chi connectivity index (χ0v) is 70.7. The number of aliphatic hydroxyl groups excluding tert-OH is 1.